The average molecular weight is 165 g/mol. The summed E-state index contributed by atoms with van der Waals surface area (Å²) < 4.78 is 0.919. The maximum atomic E-state index is 10.6. The van der Waals surface area contributed by atoms with Crippen molar-refractivity contribution in [3.8, 4) is 0 Å². The second kappa shape index (κ2) is 2.56. The van der Waals surface area contributed by atoms with Crippen molar-refractivity contribution in [3.63, 3.8) is 0 Å². The topological polar surface area (TPSA) is 45.7 Å². The molecule has 55 valence electrons. The number of nitrogens with zero attached hydrogens (tertiary/aromatic N) is 2. The minimum Gasteiger partial charge on any atom is -0.257 e. The summed E-state index contributed by atoms with van der Waals surface area (Å²) in [5, 5.41) is 10.6. The predicted molar refractivity (Wildman–Crippen MR) is 41.8 cm³/mol. The van der Waals surface area contributed by atoms with E-state index in [0.717, 1.165) is 10.2 Å². The van der Waals surface area contributed by atoms with Crippen LogP contribution in [-0.4, -0.2) is 9.97 Å². The van der Waals surface area contributed by atoms with E-state index in [2.05, 4.69) is 9.97 Å². The molecule has 2 aromatic heterocycles. The summed E-state index contributed by atoms with van der Waals surface area (Å²) in [4.78, 5) is 8.02. The van der Waals surface area contributed by atoms with E-state index in [1.807, 2.05) is 6.07 Å². The third kappa shape index (κ3) is 1.00. The normalized spacial score (nSPS) is 10.6. The summed E-state index contributed by atoms with van der Waals surface area (Å²) in [7, 11) is 0. The molecular weight excluding hydrogens is 160 g/mol. The quantitative estimate of drug-likeness (QED) is 0.644. The molecular formula is C7H5N2OS. The summed E-state index contributed by atoms with van der Waals surface area (Å²) in [5.41, 5.74) is 3.20. The van der Waals surface area contributed by atoms with Gasteiger partial charge in [-0.25, -0.2) is 10.1 Å². The third-order valence-corrected chi connectivity index (χ3v) is 2.35. The highest BCUT2D eigenvalue weighted by molar-refractivity contribution is 7.16. The van der Waals surface area contributed by atoms with E-state index in [-0.39, 0.29) is 6.61 Å². The van der Waals surface area contributed by atoms with Crippen molar-refractivity contribution >= 4 is 21.6 Å². The van der Waals surface area contributed by atoms with Gasteiger partial charge in [-0.2, -0.15) is 0 Å². The molecule has 2 aromatic rings. The van der Waals surface area contributed by atoms with Crippen LogP contribution >= 0.6 is 11.3 Å². The number of aromatic nitrogens is 2. The highest BCUT2D eigenvalue weighted by Gasteiger charge is 2.02. The van der Waals surface area contributed by atoms with Gasteiger partial charge in [-0.1, -0.05) is 0 Å². The van der Waals surface area contributed by atoms with Gasteiger partial charge in [-0.05, 0) is 6.07 Å². The Morgan fingerprint density at radius 3 is 3.18 bits per heavy atom. The lowest BCUT2D eigenvalue weighted by Gasteiger charge is -1.92. The zero-order valence-electron chi connectivity index (χ0n) is 5.65. The van der Waals surface area contributed by atoms with Crippen molar-refractivity contribution in [3.05, 3.63) is 23.5 Å². The summed E-state index contributed by atoms with van der Waals surface area (Å²) in [6.45, 7) is -0.264. The van der Waals surface area contributed by atoms with E-state index in [0.29, 0.717) is 5.69 Å². The van der Waals surface area contributed by atoms with E-state index in [4.69, 9.17) is 0 Å². The molecule has 0 N–H and O–H groups in total. The van der Waals surface area contributed by atoms with Gasteiger partial charge in [0.25, 0.3) is 0 Å². The second-order valence-corrected chi connectivity index (χ2v) is 2.96. The van der Waals surface area contributed by atoms with Gasteiger partial charge in [-0.3, -0.25) is 4.98 Å². The predicted octanol–water partition coefficient (Wildman–Crippen LogP) is 1.62. The van der Waals surface area contributed by atoms with E-state index < -0.39 is 0 Å². The smallest absolute Gasteiger partial charge is 0.126 e. The van der Waals surface area contributed by atoms with Crippen LogP contribution in [0.2, 0.25) is 0 Å². The zero-order chi connectivity index (χ0) is 7.68. The first-order valence-electron chi connectivity index (χ1n) is 3.17. The Bertz CT molecular complexity index is 371. The fourth-order valence-corrected chi connectivity index (χ4v) is 1.71. The van der Waals surface area contributed by atoms with Gasteiger partial charge in [-0.15, -0.1) is 11.3 Å². The molecule has 0 spiro atoms. The summed E-state index contributed by atoms with van der Waals surface area (Å²) in [5.74, 6) is 0. The molecule has 2 rings (SSSR count). The maximum Gasteiger partial charge on any atom is 0.126 e. The molecule has 2 heterocycles. The summed E-state index contributed by atoms with van der Waals surface area (Å²) in [6.07, 6.45) is 1.62. The summed E-state index contributed by atoms with van der Waals surface area (Å²) >= 11 is 1.46. The van der Waals surface area contributed by atoms with E-state index in [9.17, 15) is 5.11 Å². The number of rotatable bonds is 1. The standard InChI is InChI=1S/C7H5N2OS/c10-3-6-7-5(1-2-8-6)9-4-11-7/h1-2,4H,3H2. The van der Waals surface area contributed by atoms with E-state index in [1.165, 1.54) is 11.3 Å². The fourth-order valence-electron chi connectivity index (χ4n) is 0.949. The molecule has 0 fully saturated rings. The van der Waals surface area contributed by atoms with Gasteiger partial charge >= 0.3 is 0 Å². The van der Waals surface area contributed by atoms with Crippen LogP contribution in [0.3, 0.4) is 0 Å². The molecule has 1 radical (unpaired) electrons. The van der Waals surface area contributed by atoms with Crippen LogP contribution in [0, 0.1) is 0 Å². The van der Waals surface area contributed by atoms with E-state index in [1.54, 1.807) is 11.7 Å². The van der Waals surface area contributed by atoms with Crippen LogP contribution in [0.15, 0.2) is 17.8 Å². The number of fused-ring (bicyclic) bond motifs is 1. The lowest BCUT2D eigenvalue weighted by molar-refractivity contribution is 0.175. The highest BCUT2D eigenvalue weighted by Crippen LogP contribution is 2.19. The van der Waals surface area contributed by atoms with Crippen molar-refractivity contribution in [1.82, 2.24) is 9.97 Å². The van der Waals surface area contributed by atoms with Crippen molar-refractivity contribution in [2.75, 3.05) is 0 Å². The molecule has 0 aliphatic rings. The van der Waals surface area contributed by atoms with Gasteiger partial charge in [0.1, 0.15) is 6.61 Å². The molecule has 0 aliphatic heterocycles. The molecule has 0 saturated carbocycles. The van der Waals surface area contributed by atoms with Crippen molar-refractivity contribution in [2.45, 2.75) is 6.61 Å². The van der Waals surface area contributed by atoms with Crippen LogP contribution in [-0.2, 0) is 11.7 Å². The first-order chi connectivity index (χ1) is 5.42. The van der Waals surface area contributed by atoms with Crippen LogP contribution in [0.25, 0.3) is 10.2 Å². The lowest BCUT2D eigenvalue weighted by Crippen LogP contribution is -1.85. The van der Waals surface area contributed by atoms with E-state index >= 15 is 0 Å². The number of hydrogen-bond acceptors (Lipinski definition) is 3. The Balaban J connectivity index is 2.79. The first-order valence-corrected chi connectivity index (χ1v) is 4.05. The maximum absolute atomic E-state index is 10.6. The first kappa shape index (κ1) is 6.69. The Kier molecular flexibility index (Phi) is 1.56. The Hall–Kier alpha value is -1.000. The number of thiazole rings is 1. The molecule has 0 unspecified atom stereocenters. The second-order valence-electron chi connectivity index (χ2n) is 2.10. The highest BCUT2D eigenvalue weighted by atomic mass is 32.1. The van der Waals surface area contributed by atoms with Gasteiger partial charge < -0.3 is 0 Å². The fraction of sp³-hybridized carbons (Fsp3) is 0.143. The molecule has 0 atom stereocenters. The molecule has 0 aromatic carbocycles. The Labute approximate surface area is 67.4 Å². The van der Waals surface area contributed by atoms with Crippen LogP contribution in [0.5, 0.6) is 0 Å². The molecule has 0 amide bonds. The number of hydrogen-bond donors (Lipinski definition) is 0. The molecule has 0 aliphatic carbocycles. The monoisotopic (exact) mass is 165 g/mol. The van der Waals surface area contributed by atoms with Crippen molar-refractivity contribution < 1.29 is 5.11 Å². The average Bonchev–Trinajstić information content (AvgIpc) is 2.50. The van der Waals surface area contributed by atoms with Crippen LogP contribution < -0.4 is 0 Å². The molecule has 0 bridgehead atoms. The Morgan fingerprint density at radius 1 is 1.45 bits per heavy atom. The Morgan fingerprint density at radius 2 is 2.36 bits per heavy atom. The van der Waals surface area contributed by atoms with Gasteiger partial charge in [0.05, 0.1) is 21.4 Å². The zero-order valence-corrected chi connectivity index (χ0v) is 6.47. The van der Waals surface area contributed by atoms with Crippen LogP contribution in [0.1, 0.15) is 5.69 Å². The van der Waals surface area contributed by atoms with Gasteiger partial charge in [0.2, 0.25) is 0 Å². The van der Waals surface area contributed by atoms with Crippen molar-refractivity contribution in [1.29, 1.82) is 0 Å². The third-order valence-electron chi connectivity index (χ3n) is 1.46. The molecule has 4 heteroatoms. The number of pyridine rings is 1. The van der Waals surface area contributed by atoms with Crippen molar-refractivity contribution in [2.24, 2.45) is 0 Å². The van der Waals surface area contributed by atoms with Gasteiger partial charge in [0.15, 0.2) is 0 Å². The molecule has 0 saturated heterocycles. The minimum absolute atomic E-state index is 0.264. The van der Waals surface area contributed by atoms with Gasteiger partial charge in [0, 0.05) is 6.20 Å². The largest absolute Gasteiger partial charge is 0.257 e. The lowest BCUT2D eigenvalue weighted by atomic mass is 10.3. The van der Waals surface area contributed by atoms with Crippen LogP contribution in [0.4, 0.5) is 0 Å². The summed E-state index contributed by atoms with van der Waals surface area (Å²) in [6, 6.07) is 1.81. The molecule has 11 heavy (non-hydrogen) atoms. The SMILES string of the molecule is [O]Cc1nccc2ncsc12. The minimum atomic E-state index is -0.264. The molecule has 3 nitrogen and oxygen atoms in total.